The van der Waals surface area contributed by atoms with Crippen LogP contribution in [-0.4, -0.2) is 10.4 Å². The van der Waals surface area contributed by atoms with Crippen LogP contribution in [0.4, 0.5) is 0 Å². The van der Waals surface area contributed by atoms with E-state index in [1.165, 1.54) is 44.1 Å². The average Bonchev–Trinajstić information content (AvgIpc) is 2.42. The van der Waals surface area contributed by atoms with Crippen molar-refractivity contribution in [3.63, 3.8) is 0 Å². The molecule has 0 aliphatic heterocycles. The molecule has 4 aliphatic rings. The van der Waals surface area contributed by atoms with Gasteiger partial charge in [-0.15, -0.1) is 0 Å². The first-order valence-corrected chi connectivity index (χ1v) is 9.61. The third-order valence-electron chi connectivity index (χ3n) is 6.39. The molecule has 1 aromatic rings. The van der Waals surface area contributed by atoms with Gasteiger partial charge in [-0.2, -0.15) is 0 Å². The summed E-state index contributed by atoms with van der Waals surface area (Å²) in [7, 11) is 0. The van der Waals surface area contributed by atoms with Gasteiger partial charge >= 0.3 is 0 Å². The molecule has 5 rings (SSSR count). The van der Waals surface area contributed by atoms with Gasteiger partial charge < -0.3 is 5.11 Å². The first-order chi connectivity index (χ1) is 10.1. The van der Waals surface area contributed by atoms with Gasteiger partial charge in [0.05, 0.1) is 0 Å². The number of phenolic OH excluding ortho intramolecular Hbond substituents is 1. The Morgan fingerprint density at radius 1 is 1.10 bits per heavy atom. The van der Waals surface area contributed by atoms with Gasteiger partial charge in [-0.1, -0.05) is 28.1 Å². The normalized spacial score (nSPS) is 37.1. The lowest BCUT2D eigenvalue weighted by Crippen LogP contribution is -2.48. The van der Waals surface area contributed by atoms with Gasteiger partial charge in [0, 0.05) is 5.33 Å². The lowest BCUT2D eigenvalue weighted by molar-refractivity contribution is -0.00525. The Balaban J connectivity index is 1.76. The third-order valence-corrected chi connectivity index (χ3v) is 6.79. The molecule has 21 heavy (non-hydrogen) atoms. The Kier molecular flexibility index (Phi) is 3.37. The topological polar surface area (TPSA) is 20.2 Å². The van der Waals surface area contributed by atoms with Crippen LogP contribution < -0.4 is 0 Å². The zero-order chi connectivity index (χ0) is 14.6. The van der Waals surface area contributed by atoms with Crippen molar-refractivity contribution in [1.82, 2.24) is 0 Å². The molecule has 4 fully saturated rings. The van der Waals surface area contributed by atoms with Gasteiger partial charge in [0.15, 0.2) is 0 Å². The highest BCUT2D eigenvalue weighted by Crippen LogP contribution is 2.61. The number of hydrogen-bond donors (Lipinski definition) is 1. The zero-order valence-corrected chi connectivity index (χ0v) is 14.5. The van der Waals surface area contributed by atoms with Crippen LogP contribution in [-0.2, 0) is 11.8 Å². The lowest BCUT2D eigenvalue weighted by Gasteiger charge is -2.57. The smallest absolute Gasteiger partial charge is 0.121 e. The third kappa shape index (κ3) is 2.25. The monoisotopic (exact) mass is 348 g/mol. The van der Waals surface area contributed by atoms with Crippen molar-refractivity contribution in [1.29, 1.82) is 0 Å². The Morgan fingerprint density at radius 2 is 1.67 bits per heavy atom. The fourth-order valence-electron chi connectivity index (χ4n) is 5.92. The highest BCUT2D eigenvalue weighted by Gasteiger charge is 2.51. The molecule has 0 aromatic heterocycles. The van der Waals surface area contributed by atoms with E-state index in [1.54, 1.807) is 0 Å². The second-order valence-corrected chi connectivity index (χ2v) is 8.73. The maximum atomic E-state index is 10.3. The number of phenols is 1. The van der Waals surface area contributed by atoms with Crippen molar-refractivity contribution in [3.05, 3.63) is 28.8 Å². The largest absolute Gasteiger partial charge is 0.507 e. The molecule has 0 atom stereocenters. The highest BCUT2D eigenvalue weighted by molar-refractivity contribution is 9.09. The van der Waals surface area contributed by atoms with Crippen LogP contribution >= 0.6 is 15.9 Å². The molecule has 0 amide bonds. The summed E-state index contributed by atoms with van der Waals surface area (Å²) in [6.45, 7) is 2.07. The molecular formula is C19H25BrO. The predicted molar refractivity (Wildman–Crippen MR) is 90.2 cm³/mol. The van der Waals surface area contributed by atoms with Crippen molar-refractivity contribution < 1.29 is 5.11 Å². The van der Waals surface area contributed by atoms with Crippen molar-refractivity contribution in [2.75, 3.05) is 5.33 Å². The van der Waals surface area contributed by atoms with Gasteiger partial charge in [0.1, 0.15) is 5.75 Å². The first-order valence-electron chi connectivity index (χ1n) is 8.48. The van der Waals surface area contributed by atoms with E-state index in [0.29, 0.717) is 11.2 Å². The maximum absolute atomic E-state index is 10.3. The van der Waals surface area contributed by atoms with E-state index in [-0.39, 0.29) is 0 Å². The van der Waals surface area contributed by atoms with E-state index in [0.717, 1.165) is 40.6 Å². The van der Waals surface area contributed by atoms with Crippen molar-refractivity contribution in [3.8, 4) is 5.75 Å². The summed E-state index contributed by atoms with van der Waals surface area (Å²) in [6.07, 6.45) is 9.59. The summed E-state index contributed by atoms with van der Waals surface area (Å²) >= 11 is 3.52. The van der Waals surface area contributed by atoms with Crippen molar-refractivity contribution >= 4 is 15.9 Å². The van der Waals surface area contributed by atoms with Crippen LogP contribution in [0.2, 0.25) is 0 Å². The molecule has 0 unspecified atom stereocenters. The van der Waals surface area contributed by atoms with E-state index in [4.69, 9.17) is 0 Å². The molecule has 1 N–H and O–H groups in total. The number of aryl methyl sites for hydroxylation is 2. The van der Waals surface area contributed by atoms with E-state index in [9.17, 15) is 5.11 Å². The molecular weight excluding hydrogens is 324 g/mol. The Labute approximate surface area is 136 Å². The fraction of sp³-hybridized carbons (Fsp3) is 0.684. The second-order valence-electron chi connectivity index (χ2n) is 7.94. The van der Waals surface area contributed by atoms with E-state index in [1.807, 2.05) is 0 Å². The number of halogens is 1. The maximum Gasteiger partial charge on any atom is 0.121 e. The minimum atomic E-state index is 0.439. The minimum absolute atomic E-state index is 0.439. The van der Waals surface area contributed by atoms with Crippen molar-refractivity contribution in [2.24, 2.45) is 17.8 Å². The molecule has 4 bridgehead atoms. The SMILES string of the molecule is Cc1cc(C23CC4CC(CC(C4)C2)C3)cc(CCBr)c1O. The summed E-state index contributed by atoms with van der Waals surface area (Å²) in [5.74, 6) is 3.45. The number of rotatable bonds is 3. The number of aromatic hydroxyl groups is 1. The summed E-state index contributed by atoms with van der Waals surface area (Å²) in [5.41, 5.74) is 4.18. The minimum Gasteiger partial charge on any atom is -0.507 e. The average molecular weight is 349 g/mol. The Hall–Kier alpha value is -0.500. The van der Waals surface area contributed by atoms with Crippen LogP contribution in [0.5, 0.6) is 5.75 Å². The zero-order valence-electron chi connectivity index (χ0n) is 12.9. The first kappa shape index (κ1) is 14.1. The molecule has 114 valence electrons. The van der Waals surface area contributed by atoms with Gasteiger partial charge in [-0.3, -0.25) is 0 Å². The van der Waals surface area contributed by atoms with E-state index >= 15 is 0 Å². The predicted octanol–water partition coefficient (Wildman–Crippen LogP) is 5.11. The number of alkyl halides is 1. The second kappa shape index (κ2) is 5.01. The number of benzene rings is 1. The lowest BCUT2D eigenvalue weighted by atomic mass is 9.48. The van der Waals surface area contributed by atoms with Gasteiger partial charge in [-0.05, 0) is 91.7 Å². The molecule has 2 heteroatoms. The van der Waals surface area contributed by atoms with E-state index < -0.39 is 0 Å². The standard InChI is InChI=1S/C19H25BrO/c1-12-4-17(8-16(2-3-20)18(12)21)19-9-13-5-14(10-19)7-15(6-13)11-19/h4,8,13-15,21H,2-3,5-7,9-11H2,1H3. The Bertz CT molecular complexity index is 528. The summed E-state index contributed by atoms with van der Waals surface area (Å²) in [6, 6.07) is 4.62. The number of hydrogen-bond acceptors (Lipinski definition) is 1. The summed E-state index contributed by atoms with van der Waals surface area (Å²) < 4.78 is 0. The van der Waals surface area contributed by atoms with Gasteiger partial charge in [0.2, 0.25) is 0 Å². The van der Waals surface area contributed by atoms with E-state index in [2.05, 4.69) is 35.0 Å². The molecule has 0 spiro atoms. The molecule has 0 radical (unpaired) electrons. The van der Waals surface area contributed by atoms with Crippen LogP contribution in [0.3, 0.4) is 0 Å². The summed E-state index contributed by atoms with van der Waals surface area (Å²) in [4.78, 5) is 0. The fourth-order valence-corrected chi connectivity index (χ4v) is 6.34. The van der Waals surface area contributed by atoms with Gasteiger partial charge in [0.25, 0.3) is 0 Å². The van der Waals surface area contributed by atoms with Crippen LogP contribution in [0.15, 0.2) is 12.1 Å². The molecule has 4 aliphatic carbocycles. The summed E-state index contributed by atoms with van der Waals surface area (Å²) in [5, 5.41) is 11.2. The van der Waals surface area contributed by atoms with Gasteiger partial charge in [-0.25, -0.2) is 0 Å². The van der Waals surface area contributed by atoms with Crippen LogP contribution in [0.1, 0.15) is 55.2 Å². The quantitative estimate of drug-likeness (QED) is 0.752. The molecule has 4 saturated carbocycles. The highest BCUT2D eigenvalue weighted by atomic mass is 79.9. The van der Waals surface area contributed by atoms with Crippen LogP contribution in [0, 0.1) is 24.7 Å². The van der Waals surface area contributed by atoms with Crippen LogP contribution in [0.25, 0.3) is 0 Å². The molecule has 1 nitrogen and oxygen atoms in total. The molecule has 0 saturated heterocycles. The molecule has 1 aromatic carbocycles. The Morgan fingerprint density at radius 3 is 2.19 bits per heavy atom. The van der Waals surface area contributed by atoms with Crippen molar-refractivity contribution in [2.45, 2.75) is 57.3 Å². The molecule has 0 heterocycles.